The Morgan fingerprint density at radius 3 is 2.30 bits per heavy atom. The maximum Gasteiger partial charge on any atom is 0.268 e. The minimum absolute atomic E-state index is 0.0100. The molecule has 0 aliphatic heterocycles. The van der Waals surface area contributed by atoms with Crippen molar-refractivity contribution >= 4 is 27.3 Å². The third kappa shape index (κ3) is 4.33. The maximum absolute atomic E-state index is 13.4. The Balaban J connectivity index is 1.96. The number of amides is 1. The number of sulfonamides is 1. The van der Waals surface area contributed by atoms with Crippen molar-refractivity contribution in [3.63, 3.8) is 0 Å². The first kappa shape index (κ1) is 21.4. The molecule has 10 heteroatoms. The summed E-state index contributed by atoms with van der Waals surface area (Å²) in [5.74, 6) is -2.90. The molecule has 0 saturated carbocycles. The van der Waals surface area contributed by atoms with Crippen LogP contribution in [0.25, 0.3) is 0 Å². The van der Waals surface area contributed by atoms with Crippen LogP contribution in [0.1, 0.15) is 17.0 Å². The van der Waals surface area contributed by atoms with Crippen LogP contribution in [-0.4, -0.2) is 31.1 Å². The van der Waals surface area contributed by atoms with Crippen LogP contribution < -0.4 is 9.62 Å². The first-order chi connectivity index (χ1) is 14.1. The summed E-state index contributed by atoms with van der Waals surface area (Å²) < 4.78 is 54.2. The fraction of sp³-hybridized carbons (Fsp3) is 0.200. The molecule has 0 aliphatic rings. The molecule has 30 heavy (non-hydrogen) atoms. The number of carbonyl (C=O) groups excluding carboxylic acids is 1. The summed E-state index contributed by atoms with van der Waals surface area (Å²) in [6.45, 7) is 4.39. The Morgan fingerprint density at radius 1 is 1.07 bits per heavy atom. The van der Waals surface area contributed by atoms with Crippen LogP contribution in [-0.2, 0) is 14.8 Å². The number of H-pyrrole nitrogens is 1. The van der Waals surface area contributed by atoms with Crippen LogP contribution in [0.5, 0.6) is 0 Å². The molecule has 0 fully saturated rings. The van der Waals surface area contributed by atoms with Gasteiger partial charge in [-0.15, -0.1) is 0 Å². The van der Waals surface area contributed by atoms with E-state index in [1.54, 1.807) is 38.1 Å². The van der Waals surface area contributed by atoms with Gasteiger partial charge in [0.1, 0.15) is 11.4 Å². The van der Waals surface area contributed by atoms with Gasteiger partial charge in [-0.1, -0.05) is 17.7 Å². The molecule has 3 aromatic rings. The van der Waals surface area contributed by atoms with Gasteiger partial charge in [-0.2, -0.15) is 5.10 Å². The van der Waals surface area contributed by atoms with Crippen molar-refractivity contribution in [3.8, 4) is 0 Å². The molecule has 0 spiro atoms. The average Bonchev–Trinajstić information content (AvgIpc) is 3.02. The van der Waals surface area contributed by atoms with E-state index in [1.165, 1.54) is 6.07 Å². The summed E-state index contributed by atoms with van der Waals surface area (Å²) in [4.78, 5) is 12.6. The van der Waals surface area contributed by atoms with Gasteiger partial charge in [0, 0.05) is 11.8 Å². The third-order valence-corrected chi connectivity index (χ3v) is 6.46. The predicted octanol–water partition coefficient (Wildman–Crippen LogP) is 3.45. The fourth-order valence-corrected chi connectivity index (χ4v) is 4.72. The number of nitrogens with one attached hydrogen (secondary N) is 2. The number of hydrogen-bond donors (Lipinski definition) is 2. The predicted molar refractivity (Wildman–Crippen MR) is 109 cm³/mol. The molecular weight excluding hydrogens is 414 g/mol. The Bertz CT molecular complexity index is 1170. The van der Waals surface area contributed by atoms with Crippen molar-refractivity contribution < 1.29 is 22.0 Å². The van der Waals surface area contributed by atoms with Gasteiger partial charge in [0.2, 0.25) is 5.91 Å². The standard InChI is InChI=1S/C20H20F2N4O3S/c1-12-4-7-16(8-5-12)26(30(28,29)20-13(2)24-25-14(20)3)11-19(27)23-15-6-9-17(21)18(22)10-15/h4-10H,11H2,1-3H3,(H,23,27)(H,24,25). The van der Waals surface area contributed by atoms with E-state index in [9.17, 15) is 22.0 Å². The van der Waals surface area contributed by atoms with Crippen molar-refractivity contribution in [3.05, 3.63) is 71.1 Å². The number of nitrogens with zero attached hydrogens (tertiary/aromatic N) is 2. The molecular formula is C20H20F2N4O3S. The first-order valence-electron chi connectivity index (χ1n) is 8.95. The third-order valence-electron chi connectivity index (χ3n) is 4.42. The minimum Gasteiger partial charge on any atom is -0.324 e. The van der Waals surface area contributed by atoms with Gasteiger partial charge < -0.3 is 5.32 Å². The Labute approximate surface area is 172 Å². The smallest absolute Gasteiger partial charge is 0.268 e. The number of halogens is 2. The van der Waals surface area contributed by atoms with Crippen molar-refractivity contribution in [1.82, 2.24) is 10.2 Å². The van der Waals surface area contributed by atoms with E-state index >= 15 is 0 Å². The number of aromatic nitrogens is 2. The van der Waals surface area contributed by atoms with Gasteiger partial charge in [0.05, 0.1) is 17.1 Å². The van der Waals surface area contributed by atoms with E-state index in [-0.39, 0.29) is 22.0 Å². The number of benzene rings is 2. The molecule has 0 bridgehead atoms. The lowest BCUT2D eigenvalue weighted by Gasteiger charge is -2.24. The number of anilines is 2. The topological polar surface area (TPSA) is 95.2 Å². The van der Waals surface area contributed by atoms with Crippen LogP contribution in [0.2, 0.25) is 0 Å². The monoisotopic (exact) mass is 434 g/mol. The van der Waals surface area contributed by atoms with Gasteiger partial charge in [-0.25, -0.2) is 17.2 Å². The summed E-state index contributed by atoms with van der Waals surface area (Å²) in [7, 11) is -4.14. The Hall–Kier alpha value is -3.27. The lowest BCUT2D eigenvalue weighted by molar-refractivity contribution is -0.114. The quantitative estimate of drug-likeness (QED) is 0.621. The molecule has 1 amide bonds. The highest BCUT2D eigenvalue weighted by atomic mass is 32.2. The summed E-state index contributed by atoms with van der Waals surface area (Å²) in [5, 5.41) is 8.95. The Morgan fingerprint density at radius 2 is 1.73 bits per heavy atom. The highest BCUT2D eigenvalue weighted by Gasteiger charge is 2.31. The van der Waals surface area contributed by atoms with E-state index in [4.69, 9.17) is 0 Å². The summed E-state index contributed by atoms with van der Waals surface area (Å²) in [5.41, 5.74) is 1.81. The molecule has 3 rings (SSSR count). The summed E-state index contributed by atoms with van der Waals surface area (Å²) >= 11 is 0. The highest BCUT2D eigenvalue weighted by Crippen LogP contribution is 2.27. The Kier molecular flexibility index (Phi) is 5.88. The van der Waals surface area contributed by atoms with Crippen LogP contribution in [0.4, 0.5) is 20.2 Å². The second-order valence-corrected chi connectivity index (χ2v) is 8.59. The molecule has 1 aromatic heterocycles. The van der Waals surface area contributed by atoms with Gasteiger partial charge >= 0.3 is 0 Å². The lowest BCUT2D eigenvalue weighted by atomic mass is 10.2. The SMILES string of the molecule is Cc1ccc(N(CC(=O)Nc2ccc(F)c(F)c2)S(=O)(=O)c2c(C)n[nH]c2C)cc1. The molecule has 1 heterocycles. The molecule has 0 unspecified atom stereocenters. The number of rotatable bonds is 6. The molecule has 2 N–H and O–H groups in total. The van der Waals surface area contributed by atoms with Gasteiger partial charge in [-0.3, -0.25) is 14.2 Å². The van der Waals surface area contributed by atoms with Crippen LogP contribution in [0.3, 0.4) is 0 Å². The van der Waals surface area contributed by atoms with Crippen LogP contribution in [0.15, 0.2) is 47.4 Å². The zero-order valence-corrected chi connectivity index (χ0v) is 17.3. The molecule has 0 aliphatic carbocycles. The van der Waals surface area contributed by atoms with Gasteiger partial charge in [0.25, 0.3) is 10.0 Å². The minimum atomic E-state index is -4.14. The maximum atomic E-state index is 13.4. The van der Waals surface area contributed by atoms with E-state index in [1.807, 2.05) is 6.92 Å². The largest absolute Gasteiger partial charge is 0.324 e. The van der Waals surface area contributed by atoms with Crippen LogP contribution in [0, 0.1) is 32.4 Å². The number of aryl methyl sites for hydroxylation is 3. The van der Waals surface area contributed by atoms with E-state index in [0.29, 0.717) is 5.69 Å². The van der Waals surface area contributed by atoms with Crippen molar-refractivity contribution in [1.29, 1.82) is 0 Å². The highest BCUT2D eigenvalue weighted by molar-refractivity contribution is 7.93. The van der Waals surface area contributed by atoms with Crippen molar-refractivity contribution in [2.24, 2.45) is 0 Å². The van der Waals surface area contributed by atoms with Crippen molar-refractivity contribution in [2.45, 2.75) is 25.7 Å². The number of aromatic amines is 1. The zero-order chi connectivity index (χ0) is 22.1. The molecule has 2 aromatic carbocycles. The van der Waals surface area contributed by atoms with Crippen LogP contribution >= 0.6 is 0 Å². The second-order valence-electron chi connectivity index (χ2n) is 6.79. The molecule has 0 atom stereocenters. The second kappa shape index (κ2) is 8.23. The van der Waals surface area contributed by atoms with E-state index in [2.05, 4.69) is 15.5 Å². The average molecular weight is 434 g/mol. The molecule has 158 valence electrons. The van der Waals surface area contributed by atoms with E-state index < -0.39 is 34.1 Å². The summed E-state index contributed by atoms with van der Waals surface area (Å²) in [6, 6.07) is 9.50. The first-order valence-corrected chi connectivity index (χ1v) is 10.4. The molecule has 0 saturated heterocycles. The van der Waals surface area contributed by atoms with Gasteiger partial charge in [0.15, 0.2) is 11.6 Å². The molecule has 7 nitrogen and oxygen atoms in total. The van der Waals surface area contributed by atoms with Crippen molar-refractivity contribution in [2.75, 3.05) is 16.2 Å². The normalized spacial score (nSPS) is 11.4. The number of hydrogen-bond acceptors (Lipinski definition) is 4. The molecule has 0 radical (unpaired) electrons. The van der Waals surface area contributed by atoms with Gasteiger partial charge in [-0.05, 0) is 45.0 Å². The van der Waals surface area contributed by atoms with E-state index in [0.717, 1.165) is 22.0 Å². The lowest BCUT2D eigenvalue weighted by Crippen LogP contribution is -2.38. The fourth-order valence-electron chi connectivity index (χ4n) is 2.96. The number of carbonyl (C=O) groups is 1. The summed E-state index contributed by atoms with van der Waals surface area (Å²) in [6.07, 6.45) is 0. The zero-order valence-electron chi connectivity index (χ0n) is 16.5.